The molecule has 2 atom stereocenters. The van der Waals surface area contributed by atoms with Crippen LogP contribution >= 0.6 is 34.8 Å². The van der Waals surface area contributed by atoms with Crippen molar-refractivity contribution in [2.75, 3.05) is 31.6 Å². The topological polar surface area (TPSA) is 163 Å². The molecule has 4 rings (SSSR count). The van der Waals surface area contributed by atoms with Gasteiger partial charge in [-0.3, -0.25) is 14.9 Å². The van der Waals surface area contributed by atoms with Crippen LogP contribution in [0.3, 0.4) is 0 Å². The van der Waals surface area contributed by atoms with E-state index in [1.807, 2.05) is 6.07 Å². The summed E-state index contributed by atoms with van der Waals surface area (Å²) in [5, 5.41) is 31.6. The first kappa shape index (κ1) is 28.6. The largest absolute Gasteiger partial charge is 0.468 e. The quantitative estimate of drug-likeness (QED) is 0.218. The normalized spacial score (nSPS) is 20.6. The lowest BCUT2D eigenvalue weighted by atomic mass is 9.67. The maximum Gasteiger partial charge on any atom is 0.407 e. The number of rotatable bonds is 6. The van der Waals surface area contributed by atoms with Crippen molar-refractivity contribution in [3.05, 3.63) is 54.4 Å². The second-order valence-corrected chi connectivity index (χ2v) is 10.5. The molecule has 0 bridgehead atoms. The maximum absolute atomic E-state index is 13.4. The van der Waals surface area contributed by atoms with Gasteiger partial charge >= 0.3 is 17.7 Å². The van der Waals surface area contributed by atoms with Crippen molar-refractivity contribution in [3.8, 4) is 6.07 Å². The Morgan fingerprint density at radius 1 is 1.31 bits per heavy atom. The van der Waals surface area contributed by atoms with E-state index in [4.69, 9.17) is 39.5 Å². The minimum Gasteiger partial charge on any atom is -0.468 e. The Hall–Kier alpha value is -3.40. The van der Waals surface area contributed by atoms with Gasteiger partial charge in [-0.1, -0.05) is 23.2 Å². The van der Waals surface area contributed by atoms with Crippen molar-refractivity contribution < 1.29 is 24.4 Å². The number of hydrogen-bond acceptors (Lipinski definition) is 9. The third-order valence-corrected chi connectivity index (χ3v) is 7.92. The number of carbonyl (C=O) groups is 2. The minimum atomic E-state index is -1.39. The van der Waals surface area contributed by atoms with Crippen LogP contribution in [0.25, 0.3) is 0 Å². The number of hydrogen-bond donors (Lipinski definition) is 1. The summed E-state index contributed by atoms with van der Waals surface area (Å²) in [6.07, 6.45) is -0.137. The van der Waals surface area contributed by atoms with Crippen LogP contribution < -0.4 is 4.90 Å². The number of anilines is 1. The van der Waals surface area contributed by atoms with Crippen LogP contribution in [-0.2, 0) is 27.8 Å². The predicted octanol–water partition coefficient (Wildman–Crippen LogP) is 4.42. The molecule has 1 fully saturated rings. The number of carboxylic acid groups (broad SMARTS) is 1. The fourth-order valence-electron chi connectivity index (χ4n) is 5.50. The van der Waals surface area contributed by atoms with Crippen molar-refractivity contribution >= 4 is 58.4 Å². The van der Waals surface area contributed by atoms with E-state index in [0.717, 1.165) is 4.90 Å². The van der Waals surface area contributed by atoms with E-state index < -0.39 is 34.1 Å². The molecule has 1 saturated heterocycles. The summed E-state index contributed by atoms with van der Waals surface area (Å²) >= 11 is 19.0. The molecule has 0 radical (unpaired) electrons. The van der Waals surface area contributed by atoms with Crippen molar-refractivity contribution in [1.29, 1.82) is 5.26 Å². The summed E-state index contributed by atoms with van der Waals surface area (Å²) in [5.74, 6) is -0.750. The van der Waals surface area contributed by atoms with Crippen molar-refractivity contribution in [2.45, 2.75) is 43.6 Å². The van der Waals surface area contributed by atoms with Gasteiger partial charge in [0.05, 0.1) is 36.0 Å². The number of ether oxygens (including phenoxy) is 1. The monoisotopic (exact) mass is 596 g/mol. The Morgan fingerprint density at radius 2 is 2.05 bits per heavy atom. The number of aromatic nitrogens is 2. The summed E-state index contributed by atoms with van der Waals surface area (Å²) in [4.78, 5) is 47.8. The number of esters is 1. The number of amides is 1. The van der Waals surface area contributed by atoms with E-state index in [0.29, 0.717) is 40.4 Å². The van der Waals surface area contributed by atoms with Crippen LogP contribution in [0.15, 0.2) is 12.1 Å². The zero-order valence-electron chi connectivity index (χ0n) is 20.7. The molecule has 1 aliphatic carbocycles. The van der Waals surface area contributed by atoms with Crippen LogP contribution in [-0.4, -0.2) is 69.7 Å². The summed E-state index contributed by atoms with van der Waals surface area (Å²) in [5.41, 5.74) is -0.746. The third kappa shape index (κ3) is 5.39. The van der Waals surface area contributed by atoms with E-state index >= 15 is 0 Å². The number of carbonyl (C=O) groups excluding carboxylic acids is 1. The van der Waals surface area contributed by atoms with Gasteiger partial charge in [0.1, 0.15) is 5.69 Å². The van der Waals surface area contributed by atoms with Gasteiger partial charge in [-0.25, -0.2) is 9.78 Å². The van der Waals surface area contributed by atoms with Gasteiger partial charge < -0.3 is 19.6 Å². The summed E-state index contributed by atoms with van der Waals surface area (Å²) in [6.45, 7) is 0.0357. The van der Waals surface area contributed by atoms with Gasteiger partial charge in [0.25, 0.3) is 0 Å². The highest BCUT2D eigenvalue weighted by atomic mass is 35.5. The summed E-state index contributed by atoms with van der Waals surface area (Å²) in [6, 6.07) is 4.40. The molecule has 15 heteroatoms. The predicted molar refractivity (Wildman–Crippen MR) is 141 cm³/mol. The van der Waals surface area contributed by atoms with Gasteiger partial charge in [0, 0.05) is 36.1 Å². The number of fused-ring (bicyclic) bond motifs is 1. The highest BCUT2D eigenvalue weighted by molar-refractivity contribution is 6.35. The number of halogens is 3. The second-order valence-electron chi connectivity index (χ2n) is 9.32. The summed E-state index contributed by atoms with van der Waals surface area (Å²) in [7, 11) is 1.23. The van der Waals surface area contributed by atoms with Gasteiger partial charge in [-0.2, -0.15) is 10.2 Å². The highest BCUT2D eigenvalue weighted by Gasteiger charge is 2.48. The smallest absolute Gasteiger partial charge is 0.407 e. The first-order valence-corrected chi connectivity index (χ1v) is 13.0. The lowest BCUT2D eigenvalue weighted by Gasteiger charge is -2.39. The molecule has 39 heavy (non-hydrogen) atoms. The van der Waals surface area contributed by atoms with Gasteiger partial charge in [0.2, 0.25) is 11.1 Å². The van der Waals surface area contributed by atoms with Gasteiger partial charge in [0.15, 0.2) is 0 Å². The zero-order valence-corrected chi connectivity index (χ0v) is 23.0. The molecule has 0 saturated carbocycles. The van der Waals surface area contributed by atoms with Crippen LogP contribution in [0.5, 0.6) is 0 Å². The average molecular weight is 598 g/mol. The summed E-state index contributed by atoms with van der Waals surface area (Å²) < 4.78 is 5.18. The van der Waals surface area contributed by atoms with Gasteiger partial charge in [-0.15, -0.1) is 0 Å². The lowest BCUT2D eigenvalue weighted by Crippen LogP contribution is -2.55. The molecular formula is C24H23Cl3N6O6. The van der Waals surface area contributed by atoms with Crippen molar-refractivity contribution in [1.82, 2.24) is 14.9 Å². The molecule has 12 nitrogen and oxygen atoms in total. The molecule has 1 unspecified atom stereocenters. The van der Waals surface area contributed by atoms with Crippen LogP contribution in [0.1, 0.15) is 36.1 Å². The minimum absolute atomic E-state index is 0.00768. The number of piperazine rings is 1. The molecule has 2 aliphatic rings. The first-order chi connectivity index (χ1) is 18.5. The molecule has 206 valence electrons. The molecule has 1 aliphatic heterocycles. The van der Waals surface area contributed by atoms with Crippen LogP contribution in [0.2, 0.25) is 15.3 Å². The third-order valence-electron chi connectivity index (χ3n) is 7.20. The molecule has 1 aromatic heterocycles. The Labute approximate surface area is 238 Å². The molecule has 1 N–H and O–H groups in total. The van der Waals surface area contributed by atoms with Gasteiger partial charge in [-0.05, 0) is 54.1 Å². The molecule has 1 amide bonds. The van der Waals surface area contributed by atoms with Crippen LogP contribution in [0, 0.1) is 21.4 Å². The number of nitrogens with zero attached hydrogens (tertiary/aromatic N) is 6. The Morgan fingerprint density at radius 3 is 2.69 bits per heavy atom. The van der Waals surface area contributed by atoms with Crippen LogP contribution in [0.4, 0.5) is 16.3 Å². The Kier molecular flexibility index (Phi) is 8.34. The Bertz CT molecular complexity index is 1390. The fraction of sp³-hybridized carbons (Fsp3) is 0.458. The fourth-order valence-corrected chi connectivity index (χ4v) is 6.27. The Balaban J connectivity index is 1.85. The SMILES string of the molecule is COC(=O)C1(Cc2nc(Cl)nc(N3CCN(C(=O)O)[C@@H](CC#N)C3)c2[N+](=O)[O-])CCCc2c(Cl)cc(Cl)cc21. The number of methoxy groups -OCH3 is 1. The standard InChI is InChI=1S/C24H23Cl3N6O6/c1-39-21(34)24(5-2-3-15-16(24)9-13(25)10-17(15)26)11-18-19(33(37)38)20(30-22(27)29-18)31-7-8-32(23(35)36)14(12-31)4-6-28/h9-10,14H,2-5,7-8,11-12H2,1H3,(H,35,36)/t14-,24?/m0/s1. The van der Waals surface area contributed by atoms with E-state index in [-0.39, 0.29) is 49.3 Å². The number of nitriles is 1. The molecule has 0 spiro atoms. The highest BCUT2D eigenvalue weighted by Crippen LogP contribution is 2.46. The van der Waals surface area contributed by atoms with Crippen molar-refractivity contribution in [3.63, 3.8) is 0 Å². The lowest BCUT2D eigenvalue weighted by molar-refractivity contribution is -0.385. The first-order valence-electron chi connectivity index (χ1n) is 11.9. The molecule has 1 aromatic carbocycles. The second kappa shape index (κ2) is 11.4. The van der Waals surface area contributed by atoms with E-state index in [2.05, 4.69) is 9.97 Å². The molecular weight excluding hydrogens is 575 g/mol. The zero-order chi connectivity index (χ0) is 28.5. The van der Waals surface area contributed by atoms with E-state index in [9.17, 15) is 30.1 Å². The average Bonchev–Trinajstić information content (AvgIpc) is 2.88. The molecule has 2 aromatic rings. The molecule has 2 heterocycles. The number of nitro groups is 1. The maximum atomic E-state index is 13.4. The van der Waals surface area contributed by atoms with E-state index in [1.165, 1.54) is 12.0 Å². The number of benzene rings is 1. The van der Waals surface area contributed by atoms with Crippen molar-refractivity contribution in [2.24, 2.45) is 0 Å². The van der Waals surface area contributed by atoms with E-state index in [1.54, 1.807) is 12.1 Å².